The van der Waals surface area contributed by atoms with Gasteiger partial charge in [-0.25, -0.2) is 0 Å². The number of hydrogen-bond donors (Lipinski definition) is 0. The van der Waals surface area contributed by atoms with Crippen LogP contribution in [0.3, 0.4) is 0 Å². The smallest absolute Gasteiger partial charge is 0.306 e. The Morgan fingerprint density at radius 3 is 2.42 bits per heavy atom. The minimum Gasteiger partial charge on any atom is -0.465 e. The van der Waals surface area contributed by atoms with E-state index in [1.54, 1.807) is 0 Å². The van der Waals surface area contributed by atoms with Crippen molar-refractivity contribution in [2.75, 3.05) is 19.7 Å². The minimum atomic E-state index is -0.0995. The lowest BCUT2D eigenvalue weighted by Crippen LogP contribution is -2.51. The Bertz CT molecular complexity index is 640. The van der Waals surface area contributed by atoms with Gasteiger partial charge in [0.2, 0.25) is 5.91 Å². The van der Waals surface area contributed by atoms with Crippen molar-refractivity contribution < 1.29 is 14.3 Å². The van der Waals surface area contributed by atoms with Gasteiger partial charge >= 0.3 is 5.97 Å². The summed E-state index contributed by atoms with van der Waals surface area (Å²) < 4.78 is 5.10. The number of likely N-dealkylation sites (tertiary alicyclic amines) is 1. The van der Waals surface area contributed by atoms with Crippen molar-refractivity contribution in [1.82, 2.24) is 4.90 Å². The van der Waals surface area contributed by atoms with Crippen LogP contribution in [0.25, 0.3) is 0 Å². The van der Waals surface area contributed by atoms with Gasteiger partial charge < -0.3 is 9.64 Å². The molecule has 2 saturated heterocycles. The fourth-order valence-electron chi connectivity index (χ4n) is 4.67. The first-order chi connectivity index (χ1) is 11.5. The largest absolute Gasteiger partial charge is 0.465 e. The molecule has 4 heteroatoms. The molecule has 1 aromatic rings. The molecular formula is C20H25NO3. The maximum atomic E-state index is 12.7. The number of piperidine rings is 1. The van der Waals surface area contributed by atoms with E-state index >= 15 is 0 Å². The molecule has 1 spiro atoms. The molecule has 0 bridgehead atoms. The molecule has 128 valence electrons. The molecule has 0 unspecified atom stereocenters. The van der Waals surface area contributed by atoms with Gasteiger partial charge in [-0.15, -0.1) is 0 Å². The summed E-state index contributed by atoms with van der Waals surface area (Å²) in [5.74, 6) is 0.285. The highest BCUT2D eigenvalue weighted by molar-refractivity contribution is 5.81. The molecule has 24 heavy (non-hydrogen) atoms. The molecule has 1 aromatic carbocycles. The molecule has 0 aromatic heterocycles. The van der Waals surface area contributed by atoms with E-state index in [2.05, 4.69) is 37.3 Å². The van der Waals surface area contributed by atoms with Crippen molar-refractivity contribution in [1.29, 1.82) is 0 Å². The second-order valence-corrected chi connectivity index (χ2v) is 8.19. The zero-order valence-corrected chi connectivity index (χ0v) is 14.3. The predicted octanol–water partition coefficient (Wildman–Crippen LogP) is 2.91. The number of benzene rings is 1. The highest BCUT2D eigenvalue weighted by Crippen LogP contribution is 2.52. The van der Waals surface area contributed by atoms with Crippen molar-refractivity contribution in [3.05, 3.63) is 35.9 Å². The van der Waals surface area contributed by atoms with Crippen LogP contribution in [0.1, 0.15) is 44.6 Å². The summed E-state index contributed by atoms with van der Waals surface area (Å²) in [4.78, 5) is 26.1. The second-order valence-electron chi connectivity index (χ2n) is 8.19. The van der Waals surface area contributed by atoms with E-state index in [4.69, 9.17) is 4.74 Å². The molecule has 1 amide bonds. The zero-order valence-electron chi connectivity index (χ0n) is 14.3. The maximum Gasteiger partial charge on any atom is 0.306 e. The van der Waals surface area contributed by atoms with Crippen LogP contribution in [-0.4, -0.2) is 36.5 Å². The average Bonchev–Trinajstić information content (AvgIpc) is 2.97. The SMILES string of the molecule is CC1(c2ccccc2)CCN(C(=O)C2CC3(COC(=O)C3)C2)CC1. The number of carbonyl (C=O) groups excluding carboxylic acids is 2. The van der Waals surface area contributed by atoms with Crippen molar-refractivity contribution in [2.45, 2.75) is 44.4 Å². The molecule has 0 atom stereocenters. The number of rotatable bonds is 2. The first-order valence-electron chi connectivity index (χ1n) is 9.00. The average molecular weight is 327 g/mol. The van der Waals surface area contributed by atoms with Crippen LogP contribution in [0.5, 0.6) is 0 Å². The van der Waals surface area contributed by atoms with Crippen molar-refractivity contribution in [3.8, 4) is 0 Å². The van der Waals surface area contributed by atoms with Gasteiger partial charge in [0.25, 0.3) is 0 Å². The van der Waals surface area contributed by atoms with Gasteiger partial charge in [0.15, 0.2) is 0 Å². The topological polar surface area (TPSA) is 46.6 Å². The lowest BCUT2D eigenvalue weighted by Gasteiger charge is -2.46. The Hall–Kier alpha value is -1.84. The van der Waals surface area contributed by atoms with Gasteiger partial charge in [-0.1, -0.05) is 37.3 Å². The van der Waals surface area contributed by atoms with Crippen LogP contribution in [0.2, 0.25) is 0 Å². The van der Waals surface area contributed by atoms with Gasteiger partial charge in [-0.2, -0.15) is 0 Å². The molecule has 0 radical (unpaired) electrons. The van der Waals surface area contributed by atoms with Gasteiger partial charge in [0.05, 0.1) is 13.0 Å². The van der Waals surface area contributed by atoms with Crippen LogP contribution in [0.15, 0.2) is 30.3 Å². The van der Waals surface area contributed by atoms with E-state index in [-0.39, 0.29) is 28.6 Å². The van der Waals surface area contributed by atoms with E-state index in [1.165, 1.54) is 5.56 Å². The highest BCUT2D eigenvalue weighted by Gasteiger charge is 2.53. The van der Waals surface area contributed by atoms with E-state index in [0.29, 0.717) is 13.0 Å². The first kappa shape index (κ1) is 15.7. The summed E-state index contributed by atoms with van der Waals surface area (Å²) in [6.07, 6.45) is 4.18. The van der Waals surface area contributed by atoms with Gasteiger partial charge in [0, 0.05) is 24.4 Å². The molecule has 2 aliphatic heterocycles. The summed E-state index contributed by atoms with van der Waals surface area (Å²) in [6, 6.07) is 10.6. The Kier molecular flexibility index (Phi) is 3.66. The third-order valence-electron chi connectivity index (χ3n) is 6.42. The Labute approximate surface area is 143 Å². The quantitative estimate of drug-likeness (QED) is 0.785. The van der Waals surface area contributed by atoms with Crippen LogP contribution in [0.4, 0.5) is 0 Å². The van der Waals surface area contributed by atoms with Crippen molar-refractivity contribution in [3.63, 3.8) is 0 Å². The highest BCUT2D eigenvalue weighted by atomic mass is 16.5. The fourth-order valence-corrected chi connectivity index (χ4v) is 4.67. The van der Waals surface area contributed by atoms with Crippen molar-refractivity contribution in [2.24, 2.45) is 11.3 Å². The minimum absolute atomic E-state index is 0.0221. The molecule has 0 N–H and O–H groups in total. The predicted molar refractivity (Wildman–Crippen MR) is 90.3 cm³/mol. The van der Waals surface area contributed by atoms with Crippen molar-refractivity contribution >= 4 is 11.9 Å². The molecule has 1 aliphatic carbocycles. The normalized spacial score (nSPS) is 31.6. The summed E-state index contributed by atoms with van der Waals surface area (Å²) in [5, 5.41) is 0. The molecule has 3 aliphatic rings. The van der Waals surface area contributed by atoms with Crippen LogP contribution < -0.4 is 0 Å². The lowest BCUT2D eigenvalue weighted by molar-refractivity contribution is -0.145. The van der Waals surface area contributed by atoms with E-state index in [0.717, 1.165) is 38.8 Å². The number of nitrogens with zero attached hydrogens (tertiary/aromatic N) is 1. The summed E-state index contributed by atoms with van der Waals surface area (Å²) in [5.41, 5.74) is 1.53. The number of hydrogen-bond acceptors (Lipinski definition) is 3. The fraction of sp³-hybridized carbons (Fsp3) is 0.600. The summed E-state index contributed by atoms with van der Waals surface area (Å²) >= 11 is 0. The number of carbonyl (C=O) groups is 2. The van der Waals surface area contributed by atoms with E-state index < -0.39 is 0 Å². The summed E-state index contributed by atoms with van der Waals surface area (Å²) in [7, 11) is 0. The van der Waals surface area contributed by atoms with Crippen LogP contribution >= 0.6 is 0 Å². The van der Waals surface area contributed by atoms with Gasteiger partial charge in [-0.05, 0) is 36.7 Å². The molecule has 4 rings (SSSR count). The van der Waals surface area contributed by atoms with Gasteiger partial charge in [0.1, 0.15) is 0 Å². The standard InChI is InChI=1S/C20H25NO3/c1-19(16-5-3-2-4-6-16)7-9-21(10-8-19)18(23)15-11-20(12-15)13-17(22)24-14-20/h2-6,15H,7-14H2,1H3. The monoisotopic (exact) mass is 327 g/mol. The van der Waals surface area contributed by atoms with Gasteiger partial charge in [-0.3, -0.25) is 9.59 Å². The number of cyclic esters (lactones) is 1. The second kappa shape index (κ2) is 5.61. The van der Waals surface area contributed by atoms with Crippen LogP contribution in [-0.2, 0) is 19.7 Å². The Morgan fingerprint density at radius 2 is 1.83 bits per heavy atom. The number of esters is 1. The molecule has 2 heterocycles. The third-order valence-corrected chi connectivity index (χ3v) is 6.42. The molecular weight excluding hydrogens is 302 g/mol. The maximum absolute atomic E-state index is 12.7. The molecule has 3 fully saturated rings. The number of amides is 1. The lowest BCUT2D eigenvalue weighted by atomic mass is 9.61. The van der Waals surface area contributed by atoms with Crippen LogP contribution in [0, 0.1) is 11.3 Å². The molecule has 4 nitrogen and oxygen atoms in total. The van der Waals surface area contributed by atoms with E-state index in [9.17, 15) is 9.59 Å². The Morgan fingerprint density at radius 1 is 1.17 bits per heavy atom. The number of ether oxygens (including phenoxy) is 1. The Balaban J connectivity index is 1.33. The van der Waals surface area contributed by atoms with E-state index in [1.807, 2.05) is 4.90 Å². The molecule has 1 saturated carbocycles. The zero-order chi connectivity index (χ0) is 16.8. The third kappa shape index (κ3) is 2.62. The first-order valence-corrected chi connectivity index (χ1v) is 9.00. The summed E-state index contributed by atoms with van der Waals surface area (Å²) in [6.45, 7) is 4.50.